The highest BCUT2D eigenvalue weighted by molar-refractivity contribution is 5.28. The summed E-state index contributed by atoms with van der Waals surface area (Å²) in [6.07, 6.45) is 1.20. The Morgan fingerprint density at radius 2 is 2.00 bits per heavy atom. The lowest BCUT2D eigenvalue weighted by Crippen LogP contribution is -2.61. The number of ether oxygens (including phenoxy) is 2. The molecule has 0 spiro atoms. The average Bonchev–Trinajstić information content (AvgIpc) is 2.50. The molecule has 3 unspecified atom stereocenters. The van der Waals surface area contributed by atoms with Crippen LogP contribution in [0.1, 0.15) is 26.3 Å². The van der Waals surface area contributed by atoms with Crippen molar-refractivity contribution < 1.29 is 9.47 Å². The number of methoxy groups -OCH3 is 1. The van der Waals surface area contributed by atoms with E-state index in [4.69, 9.17) is 15.2 Å². The topological polar surface area (TPSA) is 47.7 Å². The third-order valence-electron chi connectivity index (χ3n) is 4.48. The van der Waals surface area contributed by atoms with Gasteiger partial charge in [-0.05, 0) is 44.9 Å². The monoisotopic (exact) mass is 292 g/mol. The molecule has 118 valence electrons. The van der Waals surface area contributed by atoms with E-state index in [1.54, 1.807) is 7.11 Å². The number of hydrogen-bond donors (Lipinski definition) is 1. The zero-order valence-corrected chi connectivity index (χ0v) is 13.6. The normalized spacial score (nSPS) is 26.3. The van der Waals surface area contributed by atoms with Crippen LogP contribution in [0.3, 0.4) is 0 Å². The van der Waals surface area contributed by atoms with Crippen LogP contribution in [0.25, 0.3) is 0 Å². The van der Waals surface area contributed by atoms with Gasteiger partial charge in [0.2, 0.25) is 0 Å². The highest BCUT2D eigenvalue weighted by atomic mass is 16.5. The molecule has 0 aliphatic carbocycles. The molecule has 0 bridgehead atoms. The molecule has 2 N–H and O–H groups in total. The van der Waals surface area contributed by atoms with E-state index in [-0.39, 0.29) is 11.6 Å². The summed E-state index contributed by atoms with van der Waals surface area (Å²) in [5.74, 6) is 0.890. The van der Waals surface area contributed by atoms with Crippen LogP contribution in [0.2, 0.25) is 0 Å². The van der Waals surface area contributed by atoms with Crippen LogP contribution in [0, 0.1) is 0 Å². The lowest BCUT2D eigenvalue weighted by Gasteiger charge is -2.48. The molecule has 0 radical (unpaired) electrons. The first-order valence-electron chi connectivity index (χ1n) is 7.70. The van der Waals surface area contributed by atoms with Crippen molar-refractivity contribution in [1.29, 1.82) is 0 Å². The van der Waals surface area contributed by atoms with Crippen LogP contribution >= 0.6 is 0 Å². The smallest absolute Gasteiger partial charge is 0.118 e. The van der Waals surface area contributed by atoms with Crippen LogP contribution in [0.5, 0.6) is 5.75 Å². The van der Waals surface area contributed by atoms with E-state index >= 15 is 0 Å². The number of morpholine rings is 1. The van der Waals surface area contributed by atoms with E-state index in [0.717, 1.165) is 25.3 Å². The van der Waals surface area contributed by atoms with Crippen LogP contribution < -0.4 is 10.5 Å². The maximum Gasteiger partial charge on any atom is 0.118 e. The lowest BCUT2D eigenvalue weighted by molar-refractivity contribution is -0.0881. The fourth-order valence-electron chi connectivity index (χ4n) is 3.13. The molecule has 1 aliphatic rings. The summed E-state index contributed by atoms with van der Waals surface area (Å²) in [5, 5.41) is 0. The summed E-state index contributed by atoms with van der Waals surface area (Å²) in [6, 6.07) is 8.67. The minimum absolute atomic E-state index is 0.0496. The Hall–Kier alpha value is -1.10. The summed E-state index contributed by atoms with van der Waals surface area (Å²) in [4.78, 5) is 2.51. The molecule has 21 heavy (non-hydrogen) atoms. The standard InChI is InChI=1S/C17H28N2O2/c1-13-11-21-14(2)10-19(13)17(3,12-18)9-15-5-7-16(20-4)8-6-15/h5-8,13-14H,9-12,18H2,1-4H3. The predicted molar refractivity (Wildman–Crippen MR) is 85.7 cm³/mol. The summed E-state index contributed by atoms with van der Waals surface area (Å²) >= 11 is 0. The van der Waals surface area contributed by atoms with Crippen LogP contribution in [0.4, 0.5) is 0 Å². The molecule has 2 rings (SSSR count). The highest BCUT2D eigenvalue weighted by Crippen LogP contribution is 2.26. The number of rotatable bonds is 5. The van der Waals surface area contributed by atoms with Gasteiger partial charge in [-0.1, -0.05) is 12.1 Å². The first-order valence-corrected chi connectivity index (χ1v) is 7.70. The third kappa shape index (κ3) is 3.76. The zero-order chi connectivity index (χ0) is 15.5. The molecule has 1 heterocycles. The van der Waals surface area contributed by atoms with Crippen molar-refractivity contribution in [2.75, 3.05) is 26.8 Å². The van der Waals surface area contributed by atoms with Gasteiger partial charge in [0, 0.05) is 24.7 Å². The van der Waals surface area contributed by atoms with Crippen molar-refractivity contribution in [1.82, 2.24) is 4.90 Å². The molecule has 3 atom stereocenters. The van der Waals surface area contributed by atoms with Crippen molar-refractivity contribution >= 4 is 0 Å². The van der Waals surface area contributed by atoms with Crippen molar-refractivity contribution in [3.8, 4) is 5.75 Å². The molecule has 1 aromatic carbocycles. The van der Waals surface area contributed by atoms with Gasteiger partial charge >= 0.3 is 0 Å². The highest BCUT2D eigenvalue weighted by Gasteiger charge is 2.37. The quantitative estimate of drug-likeness (QED) is 0.902. The molecule has 1 saturated heterocycles. The van der Waals surface area contributed by atoms with E-state index in [0.29, 0.717) is 12.6 Å². The van der Waals surface area contributed by atoms with Crippen molar-refractivity contribution in [3.05, 3.63) is 29.8 Å². The van der Waals surface area contributed by atoms with E-state index in [2.05, 4.69) is 37.8 Å². The van der Waals surface area contributed by atoms with Gasteiger partial charge in [0.25, 0.3) is 0 Å². The zero-order valence-electron chi connectivity index (χ0n) is 13.6. The second-order valence-electron chi connectivity index (χ2n) is 6.37. The molecular weight excluding hydrogens is 264 g/mol. The van der Waals surface area contributed by atoms with Gasteiger partial charge < -0.3 is 15.2 Å². The van der Waals surface area contributed by atoms with Crippen molar-refractivity contribution in [3.63, 3.8) is 0 Å². The van der Waals surface area contributed by atoms with E-state index < -0.39 is 0 Å². The molecule has 4 heteroatoms. The van der Waals surface area contributed by atoms with Gasteiger partial charge in [-0.2, -0.15) is 0 Å². The van der Waals surface area contributed by atoms with E-state index in [1.807, 2.05) is 12.1 Å². The molecule has 1 aromatic rings. The summed E-state index contributed by atoms with van der Waals surface area (Å²) in [5.41, 5.74) is 7.38. The first kappa shape index (κ1) is 16.3. The number of nitrogens with zero attached hydrogens (tertiary/aromatic N) is 1. The Balaban J connectivity index is 2.15. The van der Waals surface area contributed by atoms with Gasteiger partial charge in [-0.25, -0.2) is 0 Å². The average molecular weight is 292 g/mol. The molecule has 0 saturated carbocycles. The predicted octanol–water partition coefficient (Wildman–Crippen LogP) is 2.06. The maximum absolute atomic E-state index is 6.14. The lowest BCUT2D eigenvalue weighted by atomic mass is 9.88. The fourth-order valence-corrected chi connectivity index (χ4v) is 3.13. The minimum atomic E-state index is -0.0496. The van der Waals surface area contributed by atoms with Crippen LogP contribution in [0.15, 0.2) is 24.3 Å². The Labute approximate surface area is 128 Å². The summed E-state index contributed by atoms with van der Waals surface area (Å²) in [7, 11) is 1.69. The van der Waals surface area contributed by atoms with Crippen LogP contribution in [-0.2, 0) is 11.2 Å². The molecule has 0 amide bonds. The third-order valence-corrected chi connectivity index (χ3v) is 4.48. The molecular formula is C17H28N2O2. The Morgan fingerprint density at radius 3 is 2.57 bits per heavy atom. The van der Waals surface area contributed by atoms with Crippen molar-refractivity contribution in [2.24, 2.45) is 5.73 Å². The van der Waals surface area contributed by atoms with Gasteiger partial charge in [-0.3, -0.25) is 4.90 Å². The summed E-state index contributed by atoms with van der Waals surface area (Å²) in [6.45, 7) is 8.95. The van der Waals surface area contributed by atoms with Gasteiger partial charge in [0.1, 0.15) is 5.75 Å². The number of nitrogens with two attached hydrogens (primary N) is 1. The Bertz CT molecular complexity index is 449. The second kappa shape index (κ2) is 6.77. The fraction of sp³-hybridized carbons (Fsp3) is 0.647. The van der Waals surface area contributed by atoms with E-state index in [9.17, 15) is 0 Å². The van der Waals surface area contributed by atoms with Crippen molar-refractivity contribution in [2.45, 2.75) is 44.9 Å². The Morgan fingerprint density at radius 1 is 1.33 bits per heavy atom. The van der Waals surface area contributed by atoms with E-state index in [1.165, 1.54) is 5.56 Å². The first-order chi connectivity index (χ1) is 9.98. The molecule has 0 aromatic heterocycles. The second-order valence-corrected chi connectivity index (χ2v) is 6.37. The Kier molecular flexibility index (Phi) is 5.25. The number of benzene rings is 1. The van der Waals surface area contributed by atoms with Crippen LogP contribution in [-0.4, -0.2) is 49.4 Å². The molecule has 1 fully saturated rings. The van der Waals surface area contributed by atoms with Gasteiger partial charge in [0.05, 0.1) is 19.8 Å². The molecule has 4 nitrogen and oxygen atoms in total. The molecule has 1 aliphatic heterocycles. The maximum atomic E-state index is 6.14. The largest absolute Gasteiger partial charge is 0.497 e. The SMILES string of the molecule is COc1ccc(CC(C)(CN)N2CC(C)OCC2C)cc1. The summed E-state index contributed by atoms with van der Waals surface area (Å²) < 4.78 is 11.0. The van der Waals surface area contributed by atoms with Gasteiger partial charge in [0.15, 0.2) is 0 Å². The van der Waals surface area contributed by atoms with Gasteiger partial charge in [-0.15, -0.1) is 0 Å². The minimum Gasteiger partial charge on any atom is -0.497 e. The number of hydrogen-bond acceptors (Lipinski definition) is 4.